The number of nitrogens with zero attached hydrogens (tertiary/aromatic N) is 3. The first-order chi connectivity index (χ1) is 14.6. The van der Waals surface area contributed by atoms with Crippen molar-refractivity contribution in [3.8, 4) is 16.8 Å². The van der Waals surface area contributed by atoms with Crippen LogP contribution in [0.1, 0.15) is 13.8 Å². The molecule has 2 heterocycles. The van der Waals surface area contributed by atoms with E-state index < -0.39 is 5.25 Å². The normalized spacial score (nSPS) is 12.1. The van der Waals surface area contributed by atoms with Gasteiger partial charge >= 0.3 is 5.97 Å². The number of benzene rings is 2. The largest absolute Gasteiger partial charge is 0.465 e. The van der Waals surface area contributed by atoms with Gasteiger partial charge in [0.05, 0.1) is 12.0 Å². The Bertz CT molecular complexity index is 1190. The summed E-state index contributed by atoms with van der Waals surface area (Å²) in [6.45, 7) is 3.90. The predicted octanol–water partition coefficient (Wildman–Crippen LogP) is 5.27. The molecule has 1 atom stereocenters. The van der Waals surface area contributed by atoms with Gasteiger partial charge in [-0.05, 0) is 37.6 Å². The number of aromatic nitrogens is 3. The van der Waals surface area contributed by atoms with Gasteiger partial charge in [0, 0.05) is 17.4 Å². The molecule has 0 unspecified atom stereocenters. The van der Waals surface area contributed by atoms with Crippen LogP contribution >= 0.6 is 11.8 Å². The van der Waals surface area contributed by atoms with Gasteiger partial charge in [-0.15, -0.1) is 0 Å². The van der Waals surface area contributed by atoms with Crippen molar-refractivity contribution in [3.05, 3.63) is 72.9 Å². The van der Waals surface area contributed by atoms with Crippen LogP contribution in [0.25, 0.3) is 27.8 Å². The molecular formula is C23H20FN3O2S. The van der Waals surface area contributed by atoms with Crippen LogP contribution in [0.4, 0.5) is 4.39 Å². The number of carbonyl (C=O) groups is 1. The summed E-state index contributed by atoms with van der Waals surface area (Å²) in [5.74, 6) is -0.615. The molecule has 5 nitrogen and oxygen atoms in total. The van der Waals surface area contributed by atoms with Crippen LogP contribution in [0, 0.1) is 5.82 Å². The molecule has 0 N–H and O–H groups in total. The van der Waals surface area contributed by atoms with E-state index in [0.717, 1.165) is 16.5 Å². The fourth-order valence-corrected chi connectivity index (χ4v) is 4.18. The third kappa shape index (κ3) is 3.93. The van der Waals surface area contributed by atoms with E-state index in [9.17, 15) is 9.18 Å². The third-order valence-corrected chi connectivity index (χ3v) is 5.71. The summed E-state index contributed by atoms with van der Waals surface area (Å²) in [5.41, 5.74) is 3.20. The number of fused-ring (bicyclic) bond motifs is 1. The van der Waals surface area contributed by atoms with E-state index in [1.54, 1.807) is 19.9 Å². The van der Waals surface area contributed by atoms with Gasteiger partial charge in [0.25, 0.3) is 0 Å². The molecule has 4 rings (SSSR count). The van der Waals surface area contributed by atoms with Crippen LogP contribution < -0.4 is 0 Å². The molecule has 4 aromatic rings. The van der Waals surface area contributed by atoms with Crippen LogP contribution in [0.3, 0.4) is 0 Å². The minimum absolute atomic E-state index is 0.292. The lowest BCUT2D eigenvalue weighted by atomic mass is 10.1. The summed E-state index contributed by atoms with van der Waals surface area (Å²) in [6.07, 6.45) is 3.40. The van der Waals surface area contributed by atoms with E-state index in [-0.39, 0.29) is 11.8 Å². The maximum atomic E-state index is 13.9. The molecule has 7 heteroatoms. The predicted molar refractivity (Wildman–Crippen MR) is 116 cm³/mol. The lowest BCUT2D eigenvalue weighted by Crippen LogP contribution is -2.16. The zero-order valence-electron chi connectivity index (χ0n) is 16.6. The molecule has 0 bridgehead atoms. The highest BCUT2D eigenvalue weighted by molar-refractivity contribution is 8.00. The molecular weight excluding hydrogens is 401 g/mol. The highest BCUT2D eigenvalue weighted by atomic mass is 32.2. The number of rotatable bonds is 6. The van der Waals surface area contributed by atoms with Gasteiger partial charge in [-0.1, -0.05) is 48.2 Å². The van der Waals surface area contributed by atoms with Gasteiger partial charge in [0.15, 0.2) is 0 Å². The lowest BCUT2D eigenvalue weighted by molar-refractivity contribution is -0.142. The van der Waals surface area contributed by atoms with E-state index in [2.05, 4.69) is 9.97 Å². The van der Waals surface area contributed by atoms with Crippen molar-refractivity contribution in [2.75, 3.05) is 6.61 Å². The lowest BCUT2D eigenvalue weighted by Gasteiger charge is -2.11. The summed E-state index contributed by atoms with van der Waals surface area (Å²) < 4.78 is 20.9. The average Bonchev–Trinajstić information content (AvgIpc) is 3.15. The topological polar surface area (TPSA) is 57.0 Å². The van der Waals surface area contributed by atoms with Crippen molar-refractivity contribution < 1.29 is 13.9 Å². The van der Waals surface area contributed by atoms with Gasteiger partial charge < -0.3 is 9.30 Å². The Balaban J connectivity index is 1.91. The van der Waals surface area contributed by atoms with E-state index in [1.165, 1.54) is 30.2 Å². The van der Waals surface area contributed by atoms with Crippen molar-refractivity contribution in [2.24, 2.45) is 0 Å². The van der Waals surface area contributed by atoms with E-state index in [4.69, 9.17) is 4.74 Å². The van der Waals surface area contributed by atoms with E-state index in [0.29, 0.717) is 23.0 Å². The minimum Gasteiger partial charge on any atom is -0.465 e. The molecule has 152 valence electrons. The SMILES string of the molecule is CCOC(=O)[C@@H](C)Sc1ncnc2c1c(-c1ccccc1)cn2-c1cccc(F)c1. The smallest absolute Gasteiger partial charge is 0.319 e. The summed E-state index contributed by atoms with van der Waals surface area (Å²) >= 11 is 1.33. The molecule has 0 fully saturated rings. The van der Waals surface area contributed by atoms with Gasteiger partial charge in [-0.25, -0.2) is 14.4 Å². The summed E-state index contributed by atoms with van der Waals surface area (Å²) in [6, 6.07) is 16.2. The zero-order valence-corrected chi connectivity index (χ0v) is 17.4. The number of halogens is 1. The zero-order chi connectivity index (χ0) is 21.1. The maximum absolute atomic E-state index is 13.9. The molecule has 30 heavy (non-hydrogen) atoms. The van der Waals surface area contributed by atoms with E-state index >= 15 is 0 Å². The highest BCUT2D eigenvalue weighted by Gasteiger charge is 2.22. The molecule has 0 radical (unpaired) electrons. The number of thioether (sulfide) groups is 1. The first-order valence-corrected chi connectivity index (χ1v) is 10.5. The molecule has 0 aliphatic heterocycles. The second-order valence-electron chi connectivity index (χ2n) is 6.65. The second-order valence-corrected chi connectivity index (χ2v) is 7.98. The van der Waals surface area contributed by atoms with Crippen molar-refractivity contribution in [1.82, 2.24) is 14.5 Å². The maximum Gasteiger partial charge on any atom is 0.319 e. The Morgan fingerprint density at radius 1 is 1.17 bits per heavy atom. The summed E-state index contributed by atoms with van der Waals surface area (Å²) in [4.78, 5) is 21.1. The quantitative estimate of drug-likeness (QED) is 0.241. The van der Waals surface area contributed by atoms with Crippen LogP contribution in [0.2, 0.25) is 0 Å². The van der Waals surface area contributed by atoms with Crippen LogP contribution in [0.15, 0.2) is 72.1 Å². The number of ether oxygens (including phenoxy) is 1. The average molecular weight is 421 g/mol. The van der Waals surface area contributed by atoms with E-state index in [1.807, 2.05) is 47.2 Å². The Morgan fingerprint density at radius 3 is 2.70 bits per heavy atom. The van der Waals surface area contributed by atoms with Crippen molar-refractivity contribution >= 4 is 28.8 Å². The first-order valence-electron chi connectivity index (χ1n) is 9.59. The standard InChI is InChI=1S/C23H20FN3O2S/c1-3-29-23(28)15(2)30-22-20-19(16-8-5-4-6-9-16)13-27(21(20)25-14-26-22)18-11-7-10-17(24)12-18/h4-15H,3H2,1-2H3/t15-/m1/s1. The minimum atomic E-state index is -0.427. The fourth-order valence-electron chi connectivity index (χ4n) is 3.26. The second kappa shape index (κ2) is 8.67. The molecule has 0 spiro atoms. The van der Waals surface area contributed by atoms with Gasteiger partial charge in [0.2, 0.25) is 0 Å². The molecule has 2 aromatic heterocycles. The molecule has 0 saturated heterocycles. The Hall–Kier alpha value is -3.19. The van der Waals surface area contributed by atoms with Gasteiger partial charge in [-0.2, -0.15) is 0 Å². The highest BCUT2D eigenvalue weighted by Crippen LogP contribution is 2.38. The molecule has 0 aliphatic carbocycles. The Morgan fingerprint density at radius 2 is 1.97 bits per heavy atom. The fraction of sp³-hybridized carbons (Fsp3) is 0.174. The first kappa shape index (κ1) is 20.1. The van der Waals surface area contributed by atoms with Crippen molar-refractivity contribution in [3.63, 3.8) is 0 Å². The molecule has 0 amide bonds. The summed E-state index contributed by atoms with van der Waals surface area (Å²) in [5, 5.41) is 1.06. The summed E-state index contributed by atoms with van der Waals surface area (Å²) in [7, 11) is 0. The van der Waals surface area contributed by atoms with Crippen LogP contribution in [-0.2, 0) is 9.53 Å². The Labute approximate surface area is 177 Å². The van der Waals surface area contributed by atoms with Crippen LogP contribution in [0.5, 0.6) is 0 Å². The Kier molecular flexibility index (Phi) is 5.81. The molecule has 2 aromatic carbocycles. The van der Waals surface area contributed by atoms with Crippen molar-refractivity contribution in [1.29, 1.82) is 0 Å². The molecule has 0 saturated carbocycles. The van der Waals surface area contributed by atoms with Crippen molar-refractivity contribution in [2.45, 2.75) is 24.1 Å². The molecule has 0 aliphatic rings. The number of esters is 1. The van der Waals surface area contributed by atoms with Gasteiger partial charge in [0.1, 0.15) is 28.1 Å². The monoisotopic (exact) mass is 421 g/mol. The number of hydrogen-bond acceptors (Lipinski definition) is 5. The number of carbonyl (C=O) groups excluding carboxylic acids is 1. The third-order valence-electron chi connectivity index (χ3n) is 4.63. The van der Waals surface area contributed by atoms with Gasteiger partial charge in [-0.3, -0.25) is 4.79 Å². The van der Waals surface area contributed by atoms with Crippen LogP contribution in [-0.4, -0.2) is 32.4 Å². The number of hydrogen-bond donors (Lipinski definition) is 0.